The van der Waals surface area contributed by atoms with Gasteiger partial charge in [-0.25, -0.2) is 0 Å². The average molecular weight is 424 g/mol. The third-order valence-corrected chi connectivity index (χ3v) is 5.21. The van der Waals surface area contributed by atoms with Crippen LogP contribution in [0.15, 0.2) is 54.6 Å². The molecule has 2 aromatic carbocycles. The molecule has 7 heteroatoms. The minimum absolute atomic E-state index is 0.0354. The zero-order valence-electron chi connectivity index (χ0n) is 18.0. The number of piperazine rings is 1. The molecule has 1 aliphatic heterocycles. The Bertz CT molecular complexity index is 884. The molecule has 2 aromatic rings. The maximum Gasteiger partial charge on any atom is 0.251 e. The summed E-state index contributed by atoms with van der Waals surface area (Å²) in [6, 6.07) is 15.1. The molecule has 0 unspecified atom stereocenters. The molecule has 164 valence electrons. The van der Waals surface area contributed by atoms with E-state index in [1.54, 1.807) is 23.1 Å². The molecule has 2 amide bonds. The van der Waals surface area contributed by atoms with Gasteiger partial charge >= 0.3 is 0 Å². The van der Waals surface area contributed by atoms with Crippen molar-refractivity contribution in [1.29, 1.82) is 0 Å². The number of rotatable bonds is 8. The number of benzene rings is 2. The van der Waals surface area contributed by atoms with Gasteiger partial charge in [-0.3, -0.25) is 14.5 Å². The smallest absolute Gasteiger partial charge is 0.251 e. The third kappa shape index (κ3) is 6.58. The lowest BCUT2D eigenvalue weighted by molar-refractivity contribution is -0.131. The van der Waals surface area contributed by atoms with Crippen molar-refractivity contribution in [2.75, 3.05) is 53.5 Å². The molecule has 0 aromatic heterocycles. The van der Waals surface area contributed by atoms with Crippen LogP contribution < -0.4 is 14.8 Å². The summed E-state index contributed by atoms with van der Waals surface area (Å²) in [4.78, 5) is 29.1. The number of ether oxygens (including phenoxy) is 2. The number of hydrogen-bond acceptors (Lipinski definition) is 5. The quantitative estimate of drug-likeness (QED) is 0.706. The van der Waals surface area contributed by atoms with Crippen LogP contribution in [0.4, 0.5) is 0 Å². The highest BCUT2D eigenvalue weighted by atomic mass is 16.5. The lowest BCUT2D eigenvalue weighted by atomic mass is 10.2. The normalized spacial score (nSPS) is 14.5. The summed E-state index contributed by atoms with van der Waals surface area (Å²) in [5.74, 6) is 0.624. The van der Waals surface area contributed by atoms with E-state index in [1.165, 1.54) is 19.8 Å². The highest BCUT2D eigenvalue weighted by molar-refractivity contribution is 5.97. The second kappa shape index (κ2) is 11.2. The summed E-state index contributed by atoms with van der Waals surface area (Å²) in [7, 11) is 3.05. The number of carbonyl (C=O) groups is 2. The van der Waals surface area contributed by atoms with E-state index in [2.05, 4.69) is 34.5 Å². The van der Waals surface area contributed by atoms with Crippen LogP contribution in [-0.2, 0) is 4.79 Å². The number of methoxy groups -OCH3 is 2. The maximum atomic E-state index is 12.5. The molecule has 7 nitrogen and oxygen atoms in total. The molecule has 1 heterocycles. The van der Waals surface area contributed by atoms with E-state index in [0.29, 0.717) is 30.2 Å². The Morgan fingerprint density at radius 1 is 0.968 bits per heavy atom. The Balaban J connectivity index is 1.43. The van der Waals surface area contributed by atoms with Gasteiger partial charge in [0.15, 0.2) is 0 Å². The summed E-state index contributed by atoms with van der Waals surface area (Å²) in [6.07, 6.45) is 4.26. The first-order valence-electron chi connectivity index (χ1n) is 10.3. The fourth-order valence-corrected chi connectivity index (χ4v) is 3.39. The number of nitrogens with one attached hydrogen (secondary N) is 1. The molecule has 1 fully saturated rings. The molecule has 1 saturated heterocycles. The first-order valence-corrected chi connectivity index (χ1v) is 10.3. The zero-order chi connectivity index (χ0) is 22.1. The van der Waals surface area contributed by atoms with E-state index < -0.39 is 0 Å². The van der Waals surface area contributed by atoms with Gasteiger partial charge in [0.25, 0.3) is 5.91 Å². The van der Waals surface area contributed by atoms with Gasteiger partial charge in [0.05, 0.1) is 20.8 Å². The molecular formula is C24H29N3O4. The zero-order valence-corrected chi connectivity index (χ0v) is 18.0. The van der Waals surface area contributed by atoms with Crippen molar-refractivity contribution in [3.63, 3.8) is 0 Å². The average Bonchev–Trinajstić information content (AvgIpc) is 2.83. The Labute approximate surface area is 183 Å². The Hall–Kier alpha value is -3.32. The van der Waals surface area contributed by atoms with Gasteiger partial charge in [-0.05, 0) is 17.7 Å². The standard InChI is InChI=1S/C24H29N3O4/c1-30-21-15-20(16-22(17-21)31-2)24(29)25-18-23(28)27-13-11-26(12-14-27)10-6-9-19-7-4-3-5-8-19/h3-9,15-17H,10-14,18H2,1-2H3,(H,25,29). The van der Waals surface area contributed by atoms with Gasteiger partial charge in [-0.15, -0.1) is 0 Å². The Kier molecular flexibility index (Phi) is 8.06. The second-order valence-corrected chi connectivity index (χ2v) is 7.28. The summed E-state index contributed by atoms with van der Waals surface area (Å²) < 4.78 is 10.4. The van der Waals surface area contributed by atoms with Gasteiger partial charge in [0, 0.05) is 44.4 Å². The summed E-state index contributed by atoms with van der Waals surface area (Å²) in [6.45, 7) is 3.75. The van der Waals surface area contributed by atoms with Crippen molar-refractivity contribution in [2.24, 2.45) is 0 Å². The third-order valence-electron chi connectivity index (χ3n) is 5.21. The molecule has 3 rings (SSSR count). The molecule has 0 aliphatic carbocycles. The lowest BCUT2D eigenvalue weighted by Crippen LogP contribution is -2.51. The summed E-state index contributed by atoms with van der Waals surface area (Å²) in [5, 5.41) is 2.70. The Morgan fingerprint density at radius 2 is 1.61 bits per heavy atom. The fourth-order valence-electron chi connectivity index (χ4n) is 3.39. The molecule has 31 heavy (non-hydrogen) atoms. The van der Waals surface area contributed by atoms with E-state index in [9.17, 15) is 9.59 Å². The SMILES string of the molecule is COc1cc(OC)cc(C(=O)NCC(=O)N2CCN(CC=Cc3ccccc3)CC2)c1. The molecule has 1 N–H and O–H groups in total. The molecule has 0 saturated carbocycles. The van der Waals surface area contributed by atoms with E-state index in [-0.39, 0.29) is 18.4 Å². The number of amides is 2. The second-order valence-electron chi connectivity index (χ2n) is 7.28. The first-order chi connectivity index (χ1) is 15.1. The molecule has 0 atom stereocenters. The van der Waals surface area contributed by atoms with Gasteiger partial charge in [0.1, 0.15) is 11.5 Å². The highest BCUT2D eigenvalue weighted by Gasteiger charge is 2.21. The molecule has 0 spiro atoms. The van der Waals surface area contributed by atoms with Crippen LogP contribution in [0.1, 0.15) is 15.9 Å². The Morgan fingerprint density at radius 3 is 2.23 bits per heavy atom. The van der Waals surface area contributed by atoms with Crippen LogP contribution in [0.3, 0.4) is 0 Å². The van der Waals surface area contributed by atoms with Crippen LogP contribution in [0.2, 0.25) is 0 Å². The van der Waals surface area contributed by atoms with Crippen molar-refractivity contribution in [3.8, 4) is 11.5 Å². The van der Waals surface area contributed by atoms with Gasteiger partial charge in [0.2, 0.25) is 5.91 Å². The molecule has 0 radical (unpaired) electrons. The van der Waals surface area contributed by atoms with E-state index in [0.717, 1.165) is 19.6 Å². The largest absolute Gasteiger partial charge is 0.497 e. The van der Waals surface area contributed by atoms with Crippen LogP contribution in [-0.4, -0.2) is 75.1 Å². The fraction of sp³-hybridized carbons (Fsp3) is 0.333. The molecular weight excluding hydrogens is 394 g/mol. The predicted molar refractivity (Wildman–Crippen MR) is 120 cm³/mol. The number of carbonyl (C=O) groups excluding carboxylic acids is 2. The maximum absolute atomic E-state index is 12.5. The van der Waals surface area contributed by atoms with Crippen molar-refractivity contribution in [3.05, 3.63) is 65.7 Å². The molecule has 0 bridgehead atoms. The van der Waals surface area contributed by atoms with E-state index in [4.69, 9.17) is 9.47 Å². The van der Waals surface area contributed by atoms with Crippen molar-refractivity contribution < 1.29 is 19.1 Å². The van der Waals surface area contributed by atoms with Gasteiger partial charge in [-0.2, -0.15) is 0 Å². The summed E-state index contributed by atoms with van der Waals surface area (Å²) >= 11 is 0. The minimum atomic E-state index is -0.338. The van der Waals surface area contributed by atoms with Crippen LogP contribution in [0, 0.1) is 0 Å². The molecule has 1 aliphatic rings. The van der Waals surface area contributed by atoms with Gasteiger partial charge in [-0.1, -0.05) is 42.5 Å². The highest BCUT2D eigenvalue weighted by Crippen LogP contribution is 2.22. The van der Waals surface area contributed by atoms with Crippen LogP contribution >= 0.6 is 0 Å². The van der Waals surface area contributed by atoms with Crippen molar-refractivity contribution >= 4 is 17.9 Å². The van der Waals surface area contributed by atoms with E-state index >= 15 is 0 Å². The van der Waals surface area contributed by atoms with Crippen LogP contribution in [0.25, 0.3) is 6.08 Å². The monoisotopic (exact) mass is 423 g/mol. The van der Waals surface area contributed by atoms with E-state index in [1.807, 2.05) is 18.2 Å². The predicted octanol–water partition coefficient (Wildman–Crippen LogP) is 2.29. The van der Waals surface area contributed by atoms with Crippen molar-refractivity contribution in [2.45, 2.75) is 0 Å². The topological polar surface area (TPSA) is 71.1 Å². The number of nitrogens with zero attached hydrogens (tertiary/aromatic N) is 2. The minimum Gasteiger partial charge on any atom is -0.497 e. The number of hydrogen-bond donors (Lipinski definition) is 1. The van der Waals surface area contributed by atoms with Crippen LogP contribution in [0.5, 0.6) is 11.5 Å². The van der Waals surface area contributed by atoms with Crippen molar-refractivity contribution in [1.82, 2.24) is 15.1 Å². The first kappa shape index (κ1) is 22.4. The van der Waals surface area contributed by atoms with Gasteiger partial charge < -0.3 is 19.7 Å². The lowest BCUT2D eigenvalue weighted by Gasteiger charge is -2.34. The summed E-state index contributed by atoms with van der Waals surface area (Å²) in [5.41, 5.74) is 1.57.